The number of halogens is 2. The van der Waals surface area contributed by atoms with E-state index in [2.05, 4.69) is 32.5 Å². The molecule has 0 bridgehead atoms. The van der Waals surface area contributed by atoms with Gasteiger partial charge in [0.2, 0.25) is 11.8 Å². The van der Waals surface area contributed by atoms with Crippen LogP contribution in [-0.4, -0.2) is 76.0 Å². The average Bonchev–Trinajstić information content (AvgIpc) is 3.35. The van der Waals surface area contributed by atoms with Gasteiger partial charge < -0.3 is 24.8 Å². The SMILES string of the molecule is COc1nc(-c2cccc(-c3cccc(NC(=O)c4nc5c(n4C)CCN(C)C5)c3Cl)c2Cl)ccc1CN1CC2(CC(NC(C)=O)C2)C1. The lowest BCUT2D eigenvalue weighted by atomic mass is 9.60. The molecule has 48 heavy (non-hydrogen) atoms. The molecule has 2 aromatic heterocycles. The summed E-state index contributed by atoms with van der Waals surface area (Å²) in [5.74, 6) is 0.637. The number of likely N-dealkylation sites (N-methyl/N-ethyl adjacent to an activating group) is 1. The van der Waals surface area contributed by atoms with Crippen molar-refractivity contribution < 1.29 is 14.3 Å². The Morgan fingerprint density at radius 1 is 0.979 bits per heavy atom. The van der Waals surface area contributed by atoms with Crippen LogP contribution in [0, 0.1) is 5.41 Å². The van der Waals surface area contributed by atoms with E-state index in [0.29, 0.717) is 56.7 Å². The molecule has 1 saturated carbocycles. The number of rotatable bonds is 8. The molecule has 2 N–H and O–H groups in total. The second-order valence-electron chi connectivity index (χ2n) is 13.5. The molecule has 0 radical (unpaired) electrons. The standard InChI is InChI=1S/C36H39Cl2N7O3/c1-21(46)39-23-15-36(16-23)19-45(20-36)17-22-11-12-27(42-35(22)48-4)26-9-5-7-24(31(26)37)25-8-6-10-28(32(25)38)41-34(47)33-40-29-18-43(2)14-13-30(29)44(33)3/h5-12,23H,13-20H2,1-4H3,(H,39,46)(H,41,47). The molecule has 10 nitrogen and oxygen atoms in total. The lowest BCUT2D eigenvalue weighted by Gasteiger charge is -2.59. The van der Waals surface area contributed by atoms with Gasteiger partial charge in [0.15, 0.2) is 5.82 Å². The van der Waals surface area contributed by atoms with Crippen molar-refractivity contribution >= 4 is 40.7 Å². The van der Waals surface area contributed by atoms with E-state index in [0.717, 1.165) is 73.5 Å². The highest BCUT2D eigenvalue weighted by atomic mass is 35.5. The van der Waals surface area contributed by atoms with Crippen LogP contribution in [-0.2, 0) is 31.4 Å². The van der Waals surface area contributed by atoms with E-state index in [1.54, 1.807) is 20.1 Å². The molecule has 12 heteroatoms. The lowest BCUT2D eigenvalue weighted by Crippen LogP contribution is -2.65. The molecule has 2 aromatic carbocycles. The van der Waals surface area contributed by atoms with Gasteiger partial charge in [-0.2, -0.15) is 0 Å². The van der Waals surface area contributed by atoms with Gasteiger partial charge in [0, 0.05) is 87.1 Å². The van der Waals surface area contributed by atoms with Crippen LogP contribution in [0.5, 0.6) is 5.88 Å². The van der Waals surface area contributed by atoms with Gasteiger partial charge in [-0.05, 0) is 37.4 Å². The Morgan fingerprint density at radius 2 is 1.69 bits per heavy atom. The van der Waals surface area contributed by atoms with Crippen LogP contribution < -0.4 is 15.4 Å². The van der Waals surface area contributed by atoms with Gasteiger partial charge in [-0.25, -0.2) is 9.97 Å². The van der Waals surface area contributed by atoms with Crippen molar-refractivity contribution in [2.24, 2.45) is 12.5 Å². The molecule has 2 fully saturated rings. The number of nitrogens with zero attached hydrogens (tertiary/aromatic N) is 5. The fourth-order valence-electron chi connectivity index (χ4n) is 7.62. The van der Waals surface area contributed by atoms with Gasteiger partial charge in [0.05, 0.1) is 34.2 Å². The predicted octanol–water partition coefficient (Wildman–Crippen LogP) is 5.81. The number of carbonyl (C=O) groups excluding carboxylic acids is 2. The Labute approximate surface area is 290 Å². The summed E-state index contributed by atoms with van der Waals surface area (Å²) < 4.78 is 7.61. The zero-order valence-corrected chi connectivity index (χ0v) is 29.1. The molecule has 3 aliphatic rings. The molecular formula is C36H39Cl2N7O3. The molecule has 250 valence electrons. The minimum atomic E-state index is -0.319. The number of ether oxygens (including phenoxy) is 1. The highest BCUT2D eigenvalue weighted by Gasteiger charge is 2.52. The number of imidazole rings is 1. The van der Waals surface area contributed by atoms with Crippen LogP contribution in [0.4, 0.5) is 5.69 Å². The van der Waals surface area contributed by atoms with Crippen LogP contribution in [0.2, 0.25) is 10.0 Å². The van der Waals surface area contributed by atoms with E-state index in [1.807, 2.05) is 54.1 Å². The fraction of sp³-hybridized carbons (Fsp3) is 0.389. The third-order valence-corrected chi connectivity index (χ3v) is 10.7. The third-order valence-electron chi connectivity index (χ3n) is 9.87. The van der Waals surface area contributed by atoms with Crippen LogP contribution in [0.3, 0.4) is 0 Å². The molecule has 2 aliphatic heterocycles. The van der Waals surface area contributed by atoms with Gasteiger partial charge in [-0.15, -0.1) is 0 Å². The highest BCUT2D eigenvalue weighted by molar-refractivity contribution is 6.39. The quantitative estimate of drug-likeness (QED) is 0.241. The van der Waals surface area contributed by atoms with Crippen molar-refractivity contribution in [2.45, 2.75) is 45.3 Å². The summed E-state index contributed by atoms with van der Waals surface area (Å²) >= 11 is 14.0. The van der Waals surface area contributed by atoms with Gasteiger partial charge in [-0.1, -0.05) is 59.6 Å². The van der Waals surface area contributed by atoms with Crippen molar-refractivity contribution in [3.63, 3.8) is 0 Å². The second-order valence-corrected chi connectivity index (χ2v) is 14.2. The van der Waals surface area contributed by atoms with Crippen molar-refractivity contribution in [1.82, 2.24) is 29.7 Å². The third kappa shape index (κ3) is 6.07. The van der Waals surface area contributed by atoms with Gasteiger partial charge in [-0.3, -0.25) is 14.5 Å². The molecule has 2 amide bonds. The van der Waals surface area contributed by atoms with Crippen LogP contribution in [0.15, 0.2) is 48.5 Å². The zero-order valence-electron chi connectivity index (χ0n) is 27.6. The number of hydrogen-bond donors (Lipinski definition) is 2. The van der Waals surface area contributed by atoms with E-state index >= 15 is 0 Å². The topological polar surface area (TPSA) is 105 Å². The van der Waals surface area contributed by atoms with Gasteiger partial charge in [0.25, 0.3) is 5.91 Å². The number of pyridine rings is 1. The number of amides is 2. The second kappa shape index (κ2) is 12.8. The highest BCUT2D eigenvalue weighted by Crippen LogP contribution is 2.49. The van der Waals surface area contributed by atoms with Crippen molar-refractivity contribution in [3.05, 3.63) is 81.4 Å². The number of carbonyl (C=O) groups is 2. The lowest BCUT2D eigenvalue weighted by molar-refractivity contribution is -0.125. The molecule has 4 aromatic rings. The Hall–Kier alpha value is -3.96. The maximum atomic E-state index is 13.4. The summed E-state index contributed by atoms with van der Waals surface area (Å²) in [4.78, 5) is 38.8. The summed E-state index contributed by atoms with van der Waals surface area (Å²) in [6.45, 7) is 5.96. The molecule has 1 aliphatic carbocycles. The van der Waals surface area contributed by atoms with Crippen molar-refractivity contribution in [3.8, 4) is 28.3 Å². The first kappa shape index (κ1) is 32.6. The first-order chi connectivity index (χ1) is 23.0. The minimum Gasteiger partial charge on any atom is -0.481 e. The molecule has 4 heterocycles. The fourth-order valence-corrected chi connectivity index (χ4v) is 8.22. The molecule has 0 atom stereocenters. The number of aromatic nitrogens is 3. The van der Waals surface area contributed by atoms with Crippen molar-refractivity contribution in [1.29, 1.82) is 0 Å². The Morgan fingerprint density at radius 3 is 2.42 bits per heavy atom. The maximum Gasteiger partial charge on any atom is 0.291 e. The molecule has 7 rings (SSSR count). The number of hydrogen-bond acceptors (Lipinski definition) is 7. The first-order valence-electron chi connectivity index (χ1n) is 16.2. The monoisotopic (exact) mass is 687 g/mol. The summed E-state index contributed by atoms with van der Waals surface area (Å²) in [7, 11) is 5.56. The maximum absolute atomic E-state index is 13.4. The van der Waals surface area contributed by atoms with Crippen LogP contribution in [0.1, 0.15) is 47.3 Å². The average molecular weight is 689 g/mol. The van der Waals surface area contributed by atoms with E-state index in [1.165, 1.54) is 0 Å². The summed E-state index contributed by atoms with van der Waals surface area (Å²) in [6.07, 6.45) is 2.92. The number of anilines is 1. The molecule has 1 spiro atoms. The Bertz CT molecular complexity index is 1910. The molecular weight excluding hydrogens is 649 g/mol. The van der Waals surface area contributed by atoms with Gasteiger partial charge >= 0.3 is 0 Å². The Kier molecular flexibility index (Phi) is 8.70. The smallest absolute Gasteiger partial charge is 0.291 e. The number of benzene rings is 2. The summed E-state index contributed by atoms with van der Waals surface area (Å²) in [5.41, 5.74) is 6.65. The molecule has 0 unspecified atom stereocenters. The van der Waals surface area contributed by atoms with E-state index in [4.69, 9.17) is 32.9 Å². The summed E-state index contributed by atoms with van der Waals surface area (Å²) in [6, 6.07) is 15.6. The van der Waals surface area contributed by atoms with E-state index < -0.39 is 0 Å². The largest absolute Gasteiger partial charge is 0.481 e. The van der Waals surface area contributed by atoms with Gasteiger partial charge in [0.1, 0.15) is 0 Å². The van der Waals surface area contributed by atoms with Crippen molar-refractivity contribution in [2.75, 3.05) is 39.1 Å². The first-order valence-corrected chi connectivity index (χ1v) is 17.0. The van der Waals surface area contributed by atoms with Crippen LogP contribution >= 0.6 is 23.2 Å². The number of likely N-dealkylation sites (tertiary alicyclic amines) is 1. The van der Waals surface area contributed by atoms with E-state index in [9.17, 15) is 9.59 Å². The number of nitrogens with one attached hydrogen (secondary N) is 2. The molecule has 1 saturated heterocycles. The number of fused-ring (bicyclic) bond motifs is 1. The zero-order chi connectivity index (χ0) is 33.7. The predicted molar refractivity (Wildman–Crippen MR) is 187 cm³/mol. The minimum absolute atomic E-state index is 0.0420. The normalized spacial score (nSPS) is 17.4. The van der Waals surface area contributed by atoms with Crippen LogP contribution in [0.25, 0.3) is 22.4 Å². The van der Waals surface area contributed by atoms with E-state index in [-0.39, 0.29) is 11.8 Å². The Balaban J connectivity index is 1.08. The number of methoxy groups -OCH3 is 1. The summed E-state index contributed by atoms with van der Waals surface area (Å²) in [5, 5.41) is 6.88.